The van der Waals surface area contributed by atoms with E-state index in [0.29, 0.717) is 5.56 Å². The zero-order chi connectivity index (χ0) is 12.3. The third kappa shape index (κ3) is 3.47. The van der Waals surface area contributed by atoms with Crippen molar-refractivity contribution in [2.24, 2.45) is 0 Å². The molecule has 1 amide bonds. The normalized spacial score (nSPS) is 10.9. The summed E-state index contributed by atoms with van der Waals surface area (Å²) in [5.74, 6) is -0.172. The molecule has 0 atom stereocenters. The van der Waals surface area contributed by atoms with E-state index in [1.165, 1.54) is 24.3 Å². The van der Waals surface area contributed by atoms with E-state index in [-0.39, 0.29) is 11.6 Å². The van der Waals surface area contributed by atoms with E-state index in [1.807, 2.05) is 19.6 Å². The zero-order valence-electron chi connectivity index (χ0n) is 9.48. The number of non-ortho nitro benzene ring substituents is 1. The first-order valence-electron chi connectivity index (χ1n) is 4.86. The van der Waals surface area contributed by atoms with Gasteiger partial charge in [0.2, 0.25) is 5.91 Å². The van der Waals surface area contributed by atoms with Gasteiger partial charge in [-0.15, -0.1) is 0 Å². The molecule has 1 rings (SSSR count). The number of amides is 1. The molecular formula is C10H14N2O3Si. The van der Waals surface area contributed by atoms with Crippen LogP contribution in [0.25, 0.3) is 0 Å². The van der Waals surface area contributed by atoms with Crippen LogP contribution in [-0.4, -0.2) is 19.1 Å². The van der Waals surface area contributed by atoms with Crippen molar-refractivity contribution in [3.05, 3.63) is 39.9 Å². The van der Waals surface area contributed by atoms with Crippen LogP contribution in [-0.2, 0) is 0 Å². The van der Waals surface area contributed by atoms with Crippen molar-refractivity contribution in [2.75, 3.05) is 0 Å². The van der Waals surface area contributed by atoms with Gasteiger partial charge in [-0.1, -0.05) is 19.6 Å². The van der Waals surface area contributed by atoms with Crippen LogP contribution in [0.5, 0.6) is 0 Å². The van der Waals surface area contributed by atoms with Gasteiger partial charge in [-0.2, -0.15) is 0 Å². The Kier molecular flexibility index (Phi) is 3.43. The summed E-state index contributed by atoms with van der Waals surface area (Å²) in [7, 11) is -1.67. The number of hydrogen-bond acceptors (Lipinski definition) is 3. The van der Waals surface area contributed by atoms with E-state index in [1.54, 1.807) is 0 Å². The Morgan fingerprint density at radius 2 is 1.75 bits per heavy atom. The first-order chi connectivity index (χ1) is 7.29. The molecule has 0 aliphatic rings. The van der Waals surface area contributed by atoms with Crippen LogP contribution in [0, 0.1) is 10.1 Å². The fourth-order valence-electron chi connectivity index (χ4n) is 1.15. The van der Waals surface area contributed by atoms with Crippen LogP contribution in [0.3, 0.4) is 0 Å². The monoisotopic (exact) mass is 238 g/mol. The molecule has 0 radical (unpaired) electrons. The Morgan fingerprint density at radius 3 is 2.12 bits per heavy atom. The molecular weight excluding hydrogens is 224 g/mol. The minimum atomic E-state index is -1.67. The second kappa shape index (κ2) is 4.44. The molecule has 0 fully saturated rings. The molecule has 0 bridgehead atoms. The van der Waals surface area contributed by atoms with Crippen molar-refractivity contribution in [3.8, 4) is 0 Å². The van der Waals surface area contributed by atoms with E-state index < -0.39 is 13.2 Å². The second-order valence-corrected chi connectivity index (χ2v) is 9.26. The van der Waals surface area contributed by atoms with Gasteiger partial charge in [0.25, 0.3) is 5.69 Å². The van der Waals surface area contributed by atoms with Gasteiger partial charge in [0.1, 0.15) is 8.24 Å². The van der Waals surface area contributed by atoms with E-state index in [2.05, 4.69) is 4.98 Å². The largest absolute Gasteiger partial charge is 0.378 e. The van der Waals surface area contributed by atoms with Gasteiger partial charge in [0, 0.05) is 17.7 Å². The smallest absolute Gasteiger partial charge is 0.269 e. The molecule has 1 aromatic carbocycles. The van der Waals surface area contributed by atoms with Crippen molar-refractivity contribution < 1.29 is 9.72 Å². The molecule has 0 heterocycles. The number of nitro benzene ring substituents is 1. The summed E-state index contributed by atoms with van der Waals surface area (Å²) < 4.78 is 0. The number of benzene rings is 1. The fraction of sp³-hybridized carbons (Fsp3) is 0.300. The topological polar surface area (TPSA) is 72.2 Å². The Labute approximate surface area is 94.7 Å². The van der Waals surface area contributed by atoms with Crippen molar-refractivity contribution >= 4 is 19.8 Å². The number of nitro groups is 1. The van der Waals surface area contributed by atoms with E-state index in [4.69, 9.17) is 0 Å². The Hall–Kier alpha value is -1.69. The van der Waals surface area contributed by atoms with Crippen molar-refractivity contribution in [3.63, 3.8) is 0 Å². The highest BCUT2D eigenvalue weighted by Gasteiger charge is 2.18. The first kappa shape index (κ1) is 12.4. The average molecular weight is 238 g/mol. The van der Waals surface area contributed by atoms with Gasteiger partial charge >= 0.3 is 0 Å². The van der Waals surface area contributed by atoms with Gasteiger partial charge < -0.3 is 4.98 Å². The van der Waals surface area contributed by atoms with Gasteiger partial charge in [-0.3, -0.25) is 14.9 Å². The quantitative estimate of drug-likeness (QED) is 0.498. The molecule has 5 nitrogen and oxygen atoms in total. The third-order valence-corrected chi connectivity index (χ3v) is 2.81. The molecule has 1 N–H and O–H groups in total. The maximum Gasteiger partial charge on any atom is 0.269 e. The summed E-state index contributed by atoms with van der Waals surface area (Å²) in [6, 6.07) is 5.60. The van der Waals surface area contributed by atoms with E-state index in [0.717, 1.165) is 0 Å². The van der Waals surface area contributed by atoms with Crippen LogP contribution in [0.1, 0.15) is 10.4 Å². The number of hydrogen-bond donors (Lipinski definition) is 1. The Bertz CT molecular complexity index is 409. The lowest BCUT2D eigenvalue weighted by Crippen LogP contribution is -2.45. The van der Waals surface area contributed by atoms with E-state index in [9.17, 15) is 14.9 Å². The molecule has 0 saturated heterocycles. The predicted molar refractivity (Wildman–Crippen MR) is 63.9 cm³/mol. The summed E-state index contributed by atoms with van der Waals surface area (Å²) in [6.45, 7) is 6.03. The lowest BCUT2D eigenvalue weighted by Gasteiger charge is -2.17. The summed E-state index contributed by atoms with van der Waals surface area (Å²) >= 11 is 0. The molecule has 1 aromatic rings. The third-order valence-electron chi connectivity index (χ3n) is 1.83. The average Bonchev–Trinajstić information content (AvgIpc) is 2.15. The molecule has 0 aliphatic heterocycles. The van der Waals surface area contributed by atoms with Crippen LogP contribution in [0.2, 0.25) is 19.6 Å². The van der Waals surface area contributed by atoms with Crippen molar-refractivity contribution in [1.29, 1.82) is 0 Å². The molecule has 0 unspecified atom stereocenters. The molecule has 0 spiro atoms. The lowest BCUT2D eigenvalue weighted by atomic mass is 10.2. The minimum absolute atomic E-state index is 0.00967. The first-order valence-corrected chi connectivity index (χ1v) is 8.36. The lowest BCUT2D eigenvalue weighted by molar-refractivity contribution is -0.384. The van der Waals surface area contributed by atoms with Crippen LogP contribution in [0.4, 0.5) is 5.69 Å². The zero-order valence-corrected chi connectivity index (χ0v) is 10.5. The standard InChI is InChI=1S/C10H14N2O3Si/c1-16(2,3)11-10(13)8-4-6-9(7-5-8)12(14)15/h4-7H,1-3H3,(H,11,13). The fourth-order valence-corrected chi connectivity index (χ4v) is 1.97. The van der Waals surface area contributed by atoms with Gasteiger partial charge in [-0.05, 0) is 12.1 Å². The molecule has 86 valence electrons. The molecule has 16 heavy (non-hydrogen) atoms. The maximum atomic E-state index is 11.7. The minimum Gasteiger partial charge on any atom is -0.378 e. The molecule has 0 aliphatic carbocycles. The van der Waals surface area contributed by atoms with Crippen molar-refractivity contribution in [2.45, 2.75) is 19.6 Å². The van der Waals surface area contributed by atoms with Gasteiger partial charge in [0.05, 0.1) is 4.92 Å². The highest BCUT2D eigenvalue weighted by molar-refractivity contribution is 6.76. The Morgan fingerprint density at radius 1 is 1.25 bits per heavy atom. The molecule has 0 aromatic heterocycles. The molecule has 0 saturated carbocycles. The number of carbonyl (C=O) groups excluding carboxylic acids is 1. The molecule has 6 heteroatoms. The number of carbonyl (C=O) groups is 1. The predicted octanol–water partition coefficient (Wildman–Crippen LogP) is 2.16. The van der Waals surface area contributed by atoms with Gasteiger partial charge in [-0.25, -0.2) is 0 Å². The SMILES string of the molecule is C[Si](C)(C)NC(=O)c1ccc([N+](=O)[O-])cc1. The summed E-state index contributed by atoms with van der Waals surface area (Å²) in [5, 5.41) is 10.4. The highest BCUT2D eigenvalue weighted by atomic mass is 28.3. The van der Waals surface area contributed by atoms with Gasteiger partial charge in [0.15, 0.2) is 0 Å². The van der Waals surface area contributed by atoms with Crippen LogP contribution < -0.4 is 4.98 Å². The van der Waals surface area contributed by atoms with Crippen LogP contribution >= 0.6 is 0 Å². The Balaban J connectivity index is 2.82. The summed E-state index contributed by atoms with van der Waals surface area (Å²) in [4.78, 5) is 24.5. The number of rotatable bonds is 3. The van der Waals surface area contributed by atoms with E-state index >= 15 is 0 Å². The van der Waals surface area contributed by atoms with Crippen molar-refractivity contribution in [1.82, 2.24) is 4.98 Å². The van der Waals surface area contributed by atoms with Crippen LogP contribution in [0.15, 0.2) is 24.3 Å². The number of nitrogens with zero attached hydrogens (tertiary/aromatic N) is 1. The second-order valence-electron chi connectivity index (χ2n) is 4.51. The number of nitrogens with one attached hydrogen (secondary N) is 1. The summed E-state index contributed by atoms with van der Waals surface area (Å²) in [5.41, 5.74) is 0.442. The maximum absolute atomic E-state index is 11.7. The summed E-state index contributed by atoms with van der Waals surface area (Å²) in [6.07, 6.45) is 0. The highest BCUT2D eigenvalue weighted by Crippen LogP contribution is 2.12.